The van der Waals surface area contributed by atoms with Crippen molar-refractivity contribution < 1.29 is 4.57 Å². The minimum Gasteiger partial charge on any atom is -0.310 e. The van der Waals surface area contributed by atoms with Crippen LogP contribution in [0.2, 0.25) is 0 Å². The number of rotatable bonds is 3. The molecule has 1 aliphatic carbocycles. The normalized spacial score (nSPS) is 17.0. The molecule has 1 fully saturated rings. The van der Waals surface area contributed by atoms with Crippen LogP contribution in [0.5, 0.6) is 0 Å². The van der Waals surface area contributed by atoms with Crippen molar-refractivity contribution in [3.05, 3.63) is 48.8 Å². The number of nitrogens with zero attached hydrogens (tertiary/aromatic N) is 2. The molecule has 0 atom stereocenters. The highest BCUT2D eigenvalue weighted by atomic mass is 31.2. The van der Waals surface area contributed by atoms with Crippen LogP contribution in [0, 0.1) is 0 Å². The van der Waals surface area contributed by atoms with Gasteiger partial charge in [0.25, 0.3) is 0 Å². The molecule has 0 spiro atoms. The third-order valence-corrected chi connectivity index (χ3v) is 7.50. The van der Waals surface area contributed by atoms with E-state index >= 15 is 0 Å². The van der Waals surface area contributed by atoms with Crippen LogP contribution in [0.1, 0.15) is 32.1 Å². The molecule has 1 saturated carbocycles. The van der Waals surface area contributed by atoms with E-state index in [4.69, 9.17) is 0 Å². The van der Waals surface area contributed by atoms with Crippen molar-refractivity contribution in [3.8, 4) is 0 Å². The molecule has 2 aromatic heterocycles. The molecule has 2 aromatic rings. The van der Waals surface area contributed by atoms with Gasteiger partial charge in [-0.25, -0.2) is 0 Å². The lowest BCUT2D eigenvalue weighted by Crippen LogP contribution is -2.30. The predicted molar refractivity (Wildman–Crippen MR) is 82.2 cm³/mol. The highest BCUT2D eigenvalue weighted by molar-refractivity contribution is 7.78. The molecule has 0 N–H and O–H groups in total. The quantitative estimate of drug-likeness (QED) is 0.814. The Kier molecular flexibility index (Phi) is 3.98. The Labute approximate surface area is 119 Å². The zero-order valence-corrected chi connectivity index (χ0v) is 12.4. The molecule has 2 heterocycles. The second kappa shape index (κ2) is 5.88. The summed E-state index contributed by atoms with van der Waals surface area (Å²) in [4.78, 5) is 8.80. The second-order valence-corrected chi connectivity index (χ2v) is 8.29. The zero-order chi connectivity index (χ0) is 13.8. The Bertz CT molecular complexity index is 551. The lowest BCUT2D eigenvalue weighted by molar-refractivity contribution is 0.489. The lowest BCUT2D eigenvalue weighted by atomic mass is 10.0. The van der Waals surface area contributed by atoms with Gasteiger partial charge in [-0.15, -0.1) is 0 Å². The van der Waals surface area contributed by atoms with Gasteiger partial charge in [0.2, 0.25) is 0 Å². The van der Waals surface area contributed by atoms with E-state index in [0.717, 1.165) is 25.7 Å². The Morgan fingerprint density at radius 1 is 0.850 bits per heavy atom. The first-order valence-corrected chi connectivity index (χ1v) is 9.02. The molecule has 0 aliphatic heterocycles. The fourth-order valence-corrected chi connectivity index (χ4v) is 6.20. The van der Waals surface area contributed by atoms with Crippen molar-refractivity contribution in [3.63, 3.8) is 0 Å². The molecule has 104 valence electrons. The molecule has 0 radical (unpaired) electrons. The monoisotopic (exact) mass is 286 g/mol. The average Bonchev–Trinajstić information content (AvgIpc) is 2.56. The maximum Gasteiger partial charge on any atom is 0.181 e. The first kappa shape index (κ1) is 13.5. The van der Waals surface area contributed by atoms with E-state index in [1.807, 2.05) is 36.4 Å². The van der Waals surface area contributed by atoms with Crippen LogP contribution in [0.25, 0.3) is 0 Å². The summed E-state index contributed by atoms with van der Waals surface area (Å²) in [6, 6.07) is 11.4. The minimum absolute atomic E-state index is 0.195. The molecule has 0 amide bonds. The van der Waals surface area contributed by atoms with Crippen LogP contribution in [0.4, 0.5) is 0 Å². The van der Waals surface area contributed by atoms with Crippen LogP contribution in [-0.2, 0) is 4.57 Å². The first-order valence-electron chi connectivity index (χ1n) is 7.25. The van der Waals surface area contributed by atoms with Gasteiger partial charge in [0.15, 0.2) is 7.14 Å². The average molecular weight is 286 g/mol. The summed E-state index contributed by atoms with van der Waals surface area (Å²) in [7, 11) is -2.72. The summed E-state index contributed by atoms with van der Waals surface area (Å²) in [6.45, 7) is 0. The van der Waals surface area contributed by atoms with Gasteiger partial charge in [-0.3, -0.25) is 9.97 Å². The van der Waals surface area contributed by atoms with Crippen LogP contribution in [0.3, 0.4) is 0 Å². The lowest BCUT2D eigenvalue weighted by Gasteiger charge is -2.29. The number of hydrogen-bond donors (Lipinski definition) is 0. The van der Waals surface area contributed by atoms with Crippen molar-refractivity contribution in [1.82, 2.24) is 9.97 Å². The molecular formula is C16H19N2OP. The molecule has 20 heavy (non-hydrogen) atoms. The van der Waals surface area contributed by atoms with E-state index in [-0.39, 0.29) is 5.66 Å². The molecule has 1 aliphatic rings. The highest BCUT2D eigenvalue weighted by Crippen LogP contribution is 2.52. The Balaban J connectivity index is 2.10. The van der Waals surface area contributed by atoms with Crippen LogP contribution in [-0.4, -0.2) is 15.6 Å². The van der Waals surface area contributed by atoms with Crippen LogP contribution >= 0.6 is 7.14 Å². The van der Waals surface area contributed by atoms with Gasteiger partial charge in [0, 0.05) is 18.1 Å². The molecule has 3 rings (SSSR count). The summed E-state index contributed by atoms with van der Waals surface area (Å²) in [5.74, 6) is 0. The fourth-order valence-electron chi connectivity index (χ4n) is 3.04. The fraction of sp³-hybridized carbons (Fsp3) is 0.375. The Morgan fingerprint density at radius 3 is 1.85 bits per heavy atom. The summed E-state index contributed by atoms with van der Waals surface area (Å²) in [6.07, 6.45) is 9.07. The topological polar surface area (TPSA) is 42.9 Å². The largest absolute Gasteiger partial charge is 0.310 e. The first-order chi connectivity index (χ1) is 9.82. The van der Waals surface area contributed by atoms with E-state index in [1.165, 1.54) is 6.42 Å². The van der Waals surface area contributed by atoms with Crippen LogP contribution in [0.15, 0.2) is 48.8 Å². The Morgan fingerprint density at radius 2 is 1.40 bits per heavy atom. The van der Waals surface area contributed by atoms with Gasteiger partial charge in [-0.1, -0.05) is 31.4 Å². The van der Waals surface area contributed by atoms with Crippen molar-refractivity contribution in [2.24, 2.45) is 0 Å². The molecule has 0 bridgehead atoms. The number of pyridine rings is 2. The smallest absolute Gasteiger partial charge is 0.181 e. The SMILES string of the molecule is O=P(c1ccccn1)(c1ccccn1)C1CCCCC1. The van der Waals surface area contributed by atoms with E-state index in [2.05, 4.69) is 9.97 Å². The summed E-state index contributed by atoms with van der Waals surface area (Å²) < 4.78 is 13.8. The molecule has 3 nitrogen and oxygen atoms in total. The van der Waals surface area contributed by atoms with Crippen molar-refractivity contribution in [2.75, 3.05) is 0 Å². The van der Waals surface area contributed by atoms with E-state index in [0.29, 0.717) is 10.9 Å². The van der Waals surface area contributed by atoms with Gasteiger partial charge in [0.1, 0.15) is 10.9 Å². The number of aromatic nitrogens is 2. The third-order valence-electron chi connectivity index (χ3n) is 4.07. The van der Waals surface area contributed by atoms with Gasteiger partial charge >= 0.3 is 0 Å². The summed E-state index contributed by atoms with van der Waals surface area (Å²) in [5.41, 5.74) is 1.62. The van der Waals surface area contributed by atoms with Crippen molar-refractivity contribution >= 4 is 18.0 Å². The maximum absolute atomic E-state index is 13.8. The van der Waals surface area contributed by atoms with Crippen molar-refractivity contribution in [2.45, 2.75) is 37.8 Å². The standard InChI is InChI=1S/C16H19N2OP/c19-20(14-8-2-1-3-9-14,15-10-4-6-12-17-15)16-11-5-7-13-18-16/h4-7,10-14H,1-3,8-9H2. The van der Waals surface area contributed by atoms with Crippen molar-refractivity contribution in [1.29, 1.82) is 0 Å². The highest BCUT2D eigenvalue weighted by Gasteiger charge is 2.39. The minimum atomic E-state index is -2.72. The summed E-state index contributed by atoms with van der Waals surface area (Å²) >= 11 is 0. The second-order valence-electron chi connectivity index (χ2n) is 5.33. The van der Waals surface area contributed by atoms with Gasteiger partial charge in [0.05, 0.1) is 0 Å². The third kappa shape index (κ3) is 2.43. The summed E-state index contributed by atoms with van der Waals surface area (Å²) in [5, 5.41) is 0. The van der Waals surface area contributed by atoms with Gasteiger partial charge < -0.3 is 4.57 Å². The van der Waals surface area contributed by atoms with Crippen LogP contribution < -0.4 is 10.9 Å². The van der Waals surface area contributed by atoms with E-state index < -0.39 is 7.14 Å². The van der Waals surface area contributed by atoms with E-state index in [9.17, 15) is 4.57 Å². The number of hydrogen-bond acceptors (Lipinski definition) is 3. The molecule has 0 unspecified atom stereocenters. The Hall–Kier alpha value is -1.47. The van der Waals surface area contributed by atoms with Gasteiger partial charge in [-0.05, 0) is 37.1 Å². The molecule has 0 saturated heterocycles. The maximum atomic E-state index is 13.8. The molecule has 4 heteroatoms. The zero-order valence-electron chi connectivity index (χ0n) is 11.5. The van der Waals surface area contributed by atoms with E-state index in [1.54, 1.807) is 12.4 Å². The van der Waals surface area contributed by atoms with Gasteiger partial charge in [-0.2, -0.15) is 0 Å². The molecular weight excluding hydrogens is 267 g/mol. The molecule has 0 aromatic carbocycles. The predicted octanol–water partition coefficient (Wildman–Crippen LogP) is 3.12.